The number of fused-ring (bicyclic) bond motifs is 1. The maximum atomic E-state index is 9.17. The molecule has 1 aromatic carbocycles. The van der Waals surface area contributed by atoms with Gasteiger partial charge in [0.05, 0.1) is 17.1 Å². The molecule has 0 atom stereocenters. The normalized spacial score (nSPS) is 9.79. The lowest BCUT2D eigenvalue weighted by molar-refractivity contribution is 0.788. The summed E-state index contributed by atoms with van der Waals surface area (Å²) in [6.45, 7) is 0.817. The number of nitrogens with one attached hydrogen (secondary N) is 1. The van der Waals surface area contributed by atoms with Gasteiger partial charge in [0, 0.05) is 18.4 Å². The van der Waals surface area contributed by atoms with Crippen molar-refractivity contribution >= 4 is 16.7 Å². The van der Waals surface area contributed by atoms with Crippen molar-refractivity contribution in [3.8, 4) is 18.4 Å². The Morgan fingerprint density at radius 1 is 1.26 bits per heavy atom. The second kappa shape index (κ2) is 6.42. The van der Waals surface area contributed by atoms with Crippen molar-refractivity contribution in [2.24, 2.45) is 0 Å². The number of unbranched alkanes of at least 4 members (excludes halogenated alkanes) is 2. The Balaban J connectivity index is 2.12. The number of benzene rings is 1. The summed E-state index contributed by atoms with van der Waals surface area (Å²) in [5, 5.41) is 13.3. The minimum atomic E-state index is 0.650. The lowest BCUT2D eigenvalue weighted by atomic mass is 10.1. The first kappa shape index (κ1) is 12.9. The van der Waals surface area contributed by atoms with Gasteiger partial charge in [-0.25, -0.2) is 4.98 Å². The van der Waals surface area contributed by atoms with Gasteiger partial charge in [0.2, 0.25) is 0 Å². The average Bonchev–Trinajstić information content (AvgIpc) is 2.46. The molecule has 0 aliphatic carbocycles. The topological polar surface area (TPSA) is 48.7 Å². The van der Waals surface area contributed by atoms with E-state index >= 15 is 0 Å². The minimum absolute atomic E-state index is 0.650. The van der Waals surface area contributed by atoms with E-state index in [4.69, 9.17) is 6.42 Å². The first-order valence-corrected chi connectivity index (χ1v) is 6.32. The first-order valence-electron chi connectivity index (χ1n) is 6.32. The molecule has 3 nitrogen and oxygen atoms in total. The van der Waals surface area contributed by atoms with E-state index in [0.29, 0.717) is 5.56 Å². The lowest BCUT2D eigenvalue weighted by Crippen LogP contribution is -2.03. The monoisotopic (exact) mass is 249 g/mol. The Kier molecular flexibility index (Phi) is 4.37. The Morgan fingerprint density at radius 3 is 2.89 bits per heavy atom. The third kappa shape index (κ3) is 3.24. The number of nitrogens with zero attached hydrogens (tertiary/aromatic N) is 2. The van der Waals surface area contributed by atoms with Crippen molar-refractivity contribution in [3.05, 3.63) is 35.9 Å². The Labute approximate surface area is 113 Å². The largest absolute Gasteiger partial charge is 0.370 e. The van der Waals surface area contributed by atoms with Crippen molar-refractivity contribution in [1.29, 1.82) is 5.26 Å². The fraction of sp³-hybridized carbons (Fsp3) is 0.250. The summed E-state index contributed by atoms with van der Waals surface area (Å²) in [5.74, 6) is 3.37. The average molecular weight is 249 g/mol. The summed E-state index contributed by atoms with van der Waals surface area (Å²) in [6.07, 6.45) is 8.01. The Hall–Kier alpha value is -2.52. The highest BCUT2D eigenvalue weighted by atomic mass is 15.0. The molecule has 0 unspecified atom stereocenters. The molecule has 0 amide bonds. The molecule has 0 fully saturated rings. The Bertz CT molecular complexity index is 647. The molecule has 0 spiro atoms. The Morgan fingerprint density at radius 2 is 2.11 bits per heavy atom. The summed E-state index contributed by atoms with van der Waals surface area (Å²) in [4.78, 5) is 4.50. The molecule has 0 aliphatic rings. The molecule has 2 aromatic rings. The molecule has 0 saturated carbocycles. The quantitative estimate of drug-likeness (QED) is 0.653. The number of rotatable bonds is 5. The van der Waals surface area contributed by atoms with Crippen molar-refractivity contribution in [2.75, 3.05) is 11.9 Å². The van der Waals surface area contributed by atoms with Crippen LogP contribution in [0.1, 0.15) is 24.8 Å². The van der Waals surface area contributed by atoms with E-state index in [9.17, 15) is 5.26 Å². The van der Waals surface area contributed by atoms with Crippen LogP contribution in [-0.2, 0) is 0 Å². The maximum absolute atomic E-state index is 9.17. The predicted molar refractivity (Wildman–Crippen MR) is 77.6 cm³/mol. The van der Waals surface area contributed by atoms with E-state index in [0.717, 1.165) is 42.5 Å². The van der Waals surface area contributed by atoms with E-state index < -0.39 is 0 Å². The third-order valence-electron chi connectivity index (χ3n) is 2.89. The number of hydrogen-bond acceptors (Lipinski definition) is 3. The van der Waals surface area contributed by atoms with E-state index in [1.165, 1.54) is 0 Å². The molecule has 1 aromatic heterocycles. The molecule has 1 N–H and O–H groups in total. The van der Waals surface area contributed by atoms with Crippen LogP contribution in [0, 0.1) is 23.7 Å². The highest BCUT2D eigenvalue weighted by molar-refractivity contribution is 5.86. The SMILES string of the molecule is C#CCCCCNc1cc(C#N)c2ccccc2n1. The number of nitriles is 1. The zero-order valence-corrected chi connectivity index (χ0v) is 10.7. The molecule has 0 saturated heterocycles. The molecular formula is C16H15N3. The highest BCUT2D eigenvalue weighted by Crippen LogP contribution is 2.19. The summed E-state index contributed by atoms with van der Waals surface area (Å²) < 4.78 is 0. The van der Waals surface area contributed by atoms with Crippen molar-refractivity contribution < 1.29 is 0 Å². The van der Waals surface area contributed by atoms with Gasteiger partial charge in [-0.05, 0) is 25.0 Å². The second-order valence-electron chi connectivity index (χ2n) is 4.27. The number of terminal acetylenes is 1. The van der Waals surface area contributed by atoms with Crippen LogP contribution in [0.2, 0.25) is 0 Å². The van der Waals surface area contributed by atoms with Crippen molar-refractivity contribution in [3.63, 3.8) is 0 Å². The van der Waals surface area contributed by atoms with Crippen LogP contribution in [0.4, 0.5) is 5.82 Å². The molecule has 1 heterocycles. The van der Waals surface area contributed by atoms with E-state index in [1.54, 1.807) is 6.07 Å². The highest BCUT2D eigenvalue weighted by Gasteiger charge is 2.04. The molecule has 0 aliphatic heterocycles. The van der Waals surface area contributed by atoms with Crippen LogP contribution in [0.5, 0.6) is 0 Å². The van der Waals surface area contributed by atoms with Crippen LogP contribution >= 0.6 is 0 Å². The van der Waals surface area contributed by atoms with Gasteiger partial charge < -0.3 is 5.32 Å². The number of hydrogen-bond donors (Lipinski definition) is 1. The number of aromatic nitrogens is 1. The maximum Gasteiger partial charge on any atom is 0.127 e. The molecule has 2 rings (SSSR count). The molecule has 0 radical (unpaired) electrons. The van der Waals surface area contributed by atoms with Crippen LogP contribution < -0.4 is 5.32 Å². The predicted octanol–water partition coefficient (Wildman–Crippen LogP) is 3.32. The van der Waals surface area contributed by atoms with Crippen LogP contribution in [0.3, 0.4) is 0 Å². The zero-order chi connectivity index (χ0) is 13.5. The van der Waals surface area contributed by atoms with Gasteiger partial charge in [0.1, 0.15) is 5.82 Å². The molecule has 0 bridgehead atoms. The molecule has 94 valence electrons. The minimum Gasteiger partial charge on any atom is -0.370 e. The van der Waals surface area contributed by atoms with Gasteiger partial charge in [0.25, 0.3) is 0 Å². The third-order valence-corrected chi connectivity index (χ3v) is 2.89. The van der Waals surface area contributed by atoms with Crippen LogP contribution in [0.15, 0.2) is 30.3 Å². The number of anilines is 1. The summed E-state index contributed by atoms with van der Waals surface area (Å²) >= 11 is 0. The first-order chi connectivity index (χ1) is 9.35. The number of pyridine rings is 1. The fourth-order valence-electron chi connectivity index (χ4n) is 1.93. The van der Waals surface area contributed by atoms with Crippen molar-refractivity contribution in [2.45, 2.75) is 19.3 Å². The molecule has 3 heteroatoms. The van der Waals surface area contributed by atoms with Gasteiger partial charge in [-0.15, -0.1) is 12.3 Å². The van der Waals surface area contributed by atoms with Gasteiger partial charge in [-0.1, -0.05) is 18.2 Å². The summed E-state index contributed by atoms with van der Waals surface area (Å²) in [5.41, 5.74) is 1.49. The smallest absolute Gasteiger partial charge is 0.127 e. The summed E-state index contributed by atoms with van der Waals surface area (Å²) in [7, 11) is 0. The standard InChI is InChI=1S/C16H15N3/c1-2-3-4-7-10-18-16-11-13(12-17)14-8-5-6-9-15(14)19-16/h1,5-6,8-9,11H,3-4,7,10H2,(H,18,19). The summed E-state index contributed by atoms with van der Waals surface area (Å²) in [6, 6.07) is 11.7. The van der Waals surface area contributed by atoms with Gasteiger partial charge >= 0.3 is 0 Å². The lowest BCUT2D eigenvalue weighted by Gasteiger charge is -2.07. The van der Waals surface area contributed by atoms with E-state index in [2.05, 4.69) is 22.3 Å². The van der Waals surface area contributed by atoms with Crippen LogP contribution in [-0.4, -0.2) is 11.5 Å². The second-order valence-corrected chi connectivity index (χ2v) is 4.27. The fourth-order valence-corrected chi connectivity index (χ4v) is 1.93. The molecular weight excluding hydrogens is 234 g/mol. The van der Waals surface area contributed by atoms with Crippen LogP contribution in [0.25, 0.3) is 10.9 Å². The number of para-hydroxylation sites is 1. The van der Waals surface area contributed by atoms with Gasteiger partial charge in [-0.3, -0.25) is 0 Å². The van der Waals surface area contributed by atoms with E-state index in [1.807, 2.05) is 24.3 Å². The molecule has 19 heavy (non-hydrogen) atoms. The van der Waals surface area contributed by atoms with E-state index in [-0.39, 0.29) is 0 Å². The van der Waals surface area contributed by atoms with Gasteiger partial charge in [-0.2, -0.15) is 5.26 Å². The zero-order valence-electron chi connectivity index (χ0n) is 10.7. The van der Waals surface area contributed by atoms with Gasteiger partial charge in [0.15, 0.2) is 0 Å². The van der Waals surface area contributed by atoms with Crippen molar-refractivity contribution in [1.82, 2.24) is 4.98 Å².